The van der Waals surface area contributed by atoms with Gasteiger partial charge >= 0.3 is 60.8 Å². The zero-order valence-electron chi connectivity index (χ0n) is 4.03. The van der Waals surface area contributed by atoms with Crippen LogP contribution in [-0.2, 0) is 5.48 Å². The van der Waals surface area contributed by atoms with Crippen molar-refractivity contribution in [1.29, 1.82) is 0 Å². The van der Waals surface area contributed by atoms with Gasteiger partial charge in [0.1, 0.15) is 9.05 Å². The molecule has 0 bridgehead atoms. The van der Waals surface area contributed by atoms with E-state index in [9.17, 15) is 0 Å². The first-order valence-corrected chi connectivity index (χ1v) is 2.57. The van der Waals surface area contributed by atoms with Gasteiger partial charge in [0.25, 0.3) is 0 Å². The minimum Gasteiger partial charge on any atom is -2.00 e. The fraction of sp³-hybridized carbons (Fsp3) is 0. The molecule has 0 aromatic heterocycles. The Morgan fingerprint density at radius 1 is 1.12 bits per heavy atom. The molecule has 0 spiro atoms. The largest absolute Gasteiger partial charge is 2.00 e. The van der Waals surface area contributed by atoms with Gasteiger partial charge < -0.3 is 24.7 Å². The van der Waals surface area contributed by atoms with E-state index in [-0.39, 0.29) is 66.3 Å². The Labute approximate surface area is 93.3 Å². The average molecular weight is 174 g/mol. The molecule has 0 unspecified atom stereocenters. The molecule has 0 heterocycles. The van der Waals surface area contributed by atoms with Gasteiger partial charge in [0.15, 0.2) is 0 Å². The van der Waals surface area contributed by atoms with Crippen molar-refractivity contribution < 1.29 is 24.7 Å². The molecule has 2 N–H and O–H groups in total. The second-order valence-corrected chi connectivity index (χ2v) is 1.65. The third kappa shape index (κ3) is 95.6. The molecule has 0 aliphatic rings. The Hall–Kier alpha value is 2.04. The Morgan fingerprint density at radius 3 is 1.12 bits per heavy atom. The van der Waals surface area contributed by atoms with Gasteiger partial charge in [-0.25, -0.2) is 0 Å². The minimum atomic E-state index is -5.11. The first kappa shape index (κ1) is 22.5. The molecule has 0 saturated carbocycles. The molecule has 0 amide bonds. The van der Waals surface area contributed by atoms with Gasteiger partial charge in [-0.2, -0.15) is 0 Å². The standard InChI is InChI=1S/Ca.Mg.H2O4Si.O/c;;1-5(2,3)4;/h;;1-2H;/q2*+2;2*-2. The summed E-state index contributed by atoms with van der Waals surface area (Å²) in [7, 11) is -5.11. The molecule has 0 fully saturated rings. The van der Waals surface area contributed by atoms with E-state index in [1.165, 1.54) is 0 Å². The molecule has 0 radical (unpaired) electrons. The quantitative estimate of drug-likeness (QED) is 0.359. The summed E-state index contributed by atoms with van der Waals surface area (Å²) in [6, 6.07) is 0. The van der Waals surface area contributed by atoms with E-state index in [2.05, 4.69) is 0 Å². The summed E-state index contributed by atoms with van der Waals surface area (Å²) in [5, 5.41) is 0. The van der Waals surface area contributed by atoms with Crippen LogP contribution in [0.5, 0.6) is 0 Å². The van der Waals surface area contributed by atoms with Gasteiger partial charge in [0.05, 0.1) is 0 Å². The second kappa shape index (κ2) is 9.04. The Balaban J connectivity index is -0.0000000267. The molecule has 8 heavy (non-hydrogen) atoms. The van der Waals surface area contributed by atoms with Crippen molar-refractivity contribution in [3.8, 4) is 0 Å². The van der Waals surface area contributed by atoms with Crippen molar-refractivity contribution in [2.45, 2.75) is 0 Å². The monoisotopic (exact) mass is 174 g/mol. The normalized spacial score (nSPS) is 7.50. The fourth-order valence-corrected chi connectivity index (χ4v) is 0. The van der Waals surface area contributed by atoms with E-state index >= 15 is 0 Å². The van der Waals surface area contributed by atoms with E-state index in [1.807, 2.05) is 0 Å². The summed E-state index contributed by atoms with van der Waals surface area (Å²) < 4.78 is 0. The van der Waals surface area contributed by atoms with E-state index in [1.54, 1.807) is 0 Å². The Kier molecular flexibility index (Phi) is 25.4. The van der Waals surface area contributed by atoms with Crippen LogP contribution in [-0.4, -0.2) is 79.4 Å². The van der Waals surface area contributed by atoms with Crippen LogP contribution in [0, 0.1) is 0 Å². The zero-order chi connectivity index (χ0) is 4.50. The Morgan fingerprint density at radius 2 is 1.12 bits per heavy atom. The van der Waals surface area contributed by atoms with Crippen LogP contribution in [0.25, 0.3) is 0 Å². The molecule has 0 aromatic carbocycles. The molecule has 0 rings (SSSR count). The number of hydrogen-bond acceptors (Lipinski definition) is 4. The molecule has 8 heteroatoms. The Bertz CT molecular complexity index is 27.9. The summed E-state index contributed by atoms with van der Waals surface area (Å²) >= 11 is 0. The predicted molar refractivity (Wildman–Crippen MR) is 22.4 cm³/mol. The molecule has 5 nitrogen and oxygen atoms in total. The van der Waals surface area contributed by atoms with Crippen molar-refractivity contribution >= 4 is 69.8 Å². The van der Waals surface area contributed by atoms with Crippen molar-refractivity contribution in [1.82, 2.24) is 0 Å². The van der Waals surface area contributed by atoms with Crippen LogP contribution in [0.15, 0.2) is 0 Å². The van der Waals surface area contributed by atoms with Gasteiger partial charge in [-0.1, -0.05) is 0 Å². The number of hydrogen-bond donors (Lipinski definition) is 2. The summed E-state index contributed by atoms with van der Waals surface area (Å²) in [6.07, 6.45) is 0. The SMILES string of the molecule is [Ca+2].[Mg+2].[O-2].[O-][Si]([O-])(O)O. The van der Waals surface area contributed by atoms with Gasteiger partial charge in [0, 0.05) is 0 Å². The molecule has 40 valence electrons. The third-order valence-electron chi connectivity index (χ3n) is 0. The van der Waals surface area contributed by atoms with Crippen molar-refractivity contribution in [2.24, 2.45) is 0 Å². The number of rotatable bonds is 0. The van der Waals surface area contributed by atoms with Gasteiger partial charge in [-0.05, 0) is 0 Å². The van der Waals surface area contributed by atoms with Crippen LogP contribution in [0.3, 0.4) is 0 Å². The van der Waals surface area contributed by atoms with Crippen molar-refractivity contribution in [2.75, 3.05) is 0 Å². The first-order valence-electron chi connectivity index (χ1n) is 0.855. The molecule has 0 aromatic rings. The third-order valence-corrected chi connectivity index (χ3v) is 0. The molecule has 0 atom stereocenters. The topological polar surface area (TPSA) is 115 Å². The molecule has 0 aliphatic heterocycles. The first-order chi connectivity index (χ1) is 2.00. The van der Waals surface area contributed by atoms with Crippen LogP contribution >= 0.6 is 0 Å². The smallest absolute Gasteiger partial charge is 2.00 e. The molecular weight excluding hydrogens is 172 g/mol. The van der Waals surface area contributed by atoms with Gasteiger partial charge in [-0.3, -0.25) is 0 Å². The summed E-state index contributed by atoms with van der Waals surface area (Å²) in [5.74, 6) is 0. The fourth-order valence-electron chi connectivity index (χ4n) is 0. The van der Waals surface area contributed by atoms with Crippen molar-refractivity contribution in [3.63, 3.8) is 0 Å². The van der Waals surface area contributed by atoms with E-state index in [4.69, 9.17) is 19.2 Å². The van der Waals surface area contributed by atoms with E-state index in [0.717, 1.165) is 0 Å². The summed E-state index contributed by atoms with van der Waals surface area (Å²) in [4.78, 5) is 31.8. The van der Waals surface area contributed by atoms with Crippen LogP contribution < -0.4 is 9.59 Å². The summed E-state index contributed by atoms with van der Waals surface area (Å²) in [5.41, 5.74) is 0. The van der Waals surface area contributed by atoms with Crippen molar-refractivity contribution in [3.05, 3.63) is 0 Å². The molecular formula is H2CaMgO5Si. The molecule has 0 saturated heterocycles. The second-order valence-electron chi connectivity index (χ2n) is 0.548. The average Bonchev–Trinajstić information content (AvgIpc) is 0.722. The maximum Gasteiger partial charge on any atom is 2.00 e. The predicted octanol–water partition coefficient (Wildman–Crippen LogP) is -4.75. The maximum atomic E-state index is 8.80. The van der Waals surface area contributed by atoms with Crippen LogP contribution in [0.4, 0.5) is 0 Å². The van der Waals surface area contributed by atoms with E-state index < -0.39 is 9.05 Å². The van der Waals surface area contributed by atoms with Crippen LogP contribution in [0.1, 0.15) is 0 Å². The van der Waals surface area contributed by atoms with E-state index in [0.29, 0.717) is 0 Å². The molecule has 0 aliphatic carbocycles. The van der Waals surface area contributed by atoms with Gasteiger partial charge in [-0.15, -0.1) is 0 Å². The maximum absolute atomic E-state index is 8.80. The van der Waals surface area contributed by atoms with Crippen LogP contribution in [0.2, 0.25) is 0 Å². The summed E-state index contributed by atoms with van der Waals surface area (Å²) in [6.45, 7) is 0. The zero-order valence-corrected chi connectivity index (χ0v) is 8.66. The minimum absolute atomic E-state index is 0. The van der Waals surface area contributed by atoms with Gasteiger partial charge in [0.2, 0.25) is 0 Å².